The smallest absolute Gasteiger partial charge is 0.264 e. The van der Waals surface area contributed by atoms with Crippen molar-refractivity contribution in [2.75, 3.05) is 24.5 Å². The summed E-state index contributed by atoms with van der Waals surface area (Å²) in [4.78, 5) is 28.0. The summed E-state index contributed by atoms with van der Waals surface area (Å²) in [6, 6.07) is 20.7. The maximum Gasteiger partial charge on any atom is 0.264 e. The highest BCUT2D eigenvalue weighted by molar-refractivity contribution is 7.92. The molecule has 1 atom stereocenters. The average molecular weight is 558 g/mol. The van der Waals surface area contributed by atoms with Crippen molar-refractivity contribution in [3.05, 3.63) is 89.4 Å². The number of anilines is 1. The van der Waals surface area contributed by atoms with Crippen molar-refractivity contribution in [3.8, 4) is 5.75 Å². The Kier molecular flexibility index (Phi) is 10.2. The van der Waals surface area contributed by atoms with E-state index >= 15 is 0 Å². The number of nitrogens with one attached hydrogen (secondary N) is 1. The van der Waals surface area contributed by atoms with E-state index < -0.39 is 28.5 Å². The fourth-order valence-corrected chi connectivity index (χ4v) is 5.54. The highest BCUT2D eigenvalue weighted by atomic mass is 35.5. The molecule has 10 heteroatoms. The second kappa shape index (κ2) is 13.3. The number of benzene rings is 3. The van der Waals surface area contributed by atoms with Crippen LogP contribution in [0.25, 0.3) is 0 Å². The van der Waals surface area contributed by atoms with Crippen LogP contribution in [0.15, 0.2) is 83.8 Å². The molecular formula is C28H32ClN3O5S. The van der Waals surface area contributed by atoms with Gasteiger partial charge >= 0.3 is 0 Å². The summed E-state index contributed by atoms with van der Waals surface area (Å²) in [5, 5.41) is 3.00. The minimum absolute atomic E-state index is 0.0171. The van der Waals surface area contributed by atoms with Crippen LogP contribution in [0.4, 0.5) is 5.69 Å². The first-order chi connectivity index (χ1) is 18.2. The minimum atomic E-state index is -4.17. The van der Waals surface area contributed by atoms with Gasteiger partial charge < -0.3 is 15.0 Å². The van der Waals surface area contributed by atoms with Crippen LogP contribution in [0.1, 0.15) is 25.8 Å². The Bertz CT molecular complexity index is 1320. The molecule has 0 unspecified atom stereocenters. The molecule has 0 aliphatic heterocycles. The predicted molar refractivity (Wildman–Crippen MR) is 149 cm³/mol. The van der Waals surface area contributed by atoms with Crippen molar-refractivity contribution in [2.45, 2.75) is 37.8 Å². The van der Waals surface area contributed by atoms with E-state index in [9.17, 15) is 18.0 Å². The second-order valence-corrected chi connectivity index (χ2v) is 10.7. The van der Waals surface area contributed by atoms with Crippen LogP contribution in [0.5, 0.6) is 5.75 Å². The number of hydrogen-bond acceptors (Lipinski definition) is 5. The van der Waals surface area contributed by atoms with Crippen LogP contribution in [-0.4, -0.2) is 51.4 Å². The maximum absolute atomic E-state index is 13.8. The largest absolute Gasteiger partial charge is 0.494 e. The first-order valence-corrected chi connectivity index (χ1v) is 14.1. The molecule has 1 N–H and O–H groups in total. The van der Waals surface area contributed by atoms with Gasteiger partial charge in [0.25, 0.3) is 10.0 Å². The molecule has 0 spiro atoms. The zero-order chi connectivity index (χ0) is 27.7. The molecule has 3 aromatic rings. The topological polar surface area (TPSA) is 96.0 Å². The molecular weight excluding hydrogens is 526 g/mol. The molecule has 0 radical (unpaired) electrons. The van der Waals surface area contributed by atoms with Crippen molar-refractivity contribution < 1.29 is 22.7 Å². The molecule has 0 saturated heterocycles. The molecule has 0 fully saturated rings. The van der Waals surface area contributed by atoms with Crippen LogP contribution in [0.2, 0.25) is 5.02 Å². The third-order valence-electron chi connectivity index (χ3n) is 5.94. The number of sulfonamides is 1. The highest BCUT2D eigenvalue weighted by Gasteiger charge is 2.33. The number of halogens is 1. The van der Waals surface area contributed by atoms with E-state index in [4.69, 9.17) is 16.3 Å². The van der Waals surface area contributed by atoms with E-state index in [1.54, 1.807) is 31.2 Å². The van der Waals surface area contributed by atoms with Gasteiger partial charge in [-0.25, -0.2) is 8.42 Å². The van der Waals surface area contributed by atoms with E-state index in [1.807, 2.05) is 37.3 Å². The Morgan fingerprint density at radius 2 is 1.58 bits per heavy atom. The first-order valence-electron chi connectivity index (χ1n) is 12.3. The average Bonchev–Trinajstić information content (AvgIpc) is 2.92. The van der Waals surface area contributed by atoms with E-state index in [0.717, 1.165) is 9.87 Å². The third kappa shape index (κ3) is 7.05. The van der Waals surface area contributed by atoms with Gasteiger partial charge in [-0.1, -0.05) is 48.9 Å². The van der Waals surface area contributed by atoms with Crippen LogP contribution >= 0.6 is 11.6 Å². The van der Waals surface area contributed by atoms with E-state index in [2.05, 4.69) is 5.32 Å². The molecule has 0 heterocycles. The van der Waals surface area contributed by atoms with Crippen LogP contribution in [0, 0.1) is 0 Å². The SMILES string of the molecule is CCOc1ccc(N(CC(=O)N(Cc2ccccc2)[C@H](CC)C(=O)NC)S(=O)(=O)c2ccc(Cl)cc2)cc1. The molecule has 38 heavy (non-hydrogen) atoms. The monoisotopic (exact) mass is 557 g/mol. The minimum Gasteiger partial charge on any atom is -0.494 e. The molecule has 3 rings (SSSR count). The number of likely N-dealkylation sites (N-methyl/N-ethyl adjacent to an activating group) is 1. The number of rotatable bonds is 12. The van der Waals surface area contributed by atoms with Crippen molar-refractivity contribution in [1.29, 1.82) is 0 Å². The van der Waals surface area contributed by atoms with Crippen molar-refractivity contribution in [3.63, 3.8) is 0 Å². The molecule has 0 saturated carbocycles. The molecule has 0 aliphatic rings. The van der Waals surface area contributed by atoms with Gasteiger partial charge in [-0.05, 0) is 67.4 Å². The van der Waals surface area contributed by atoms with Gasteiger partial charge in [0.05, 0.1) is 17.2 Å². The van der Waals surface area contributed by atoms with E-state index in [0.29, 0.717) is 23.8 Å². The summed E-state index contributed by atoms with van der Waals surface area (Å²) >= 11 is 5.98. The standard InChI is InChI=1S/C28H32ClN3O5S/c1-4-26(28(34)30-3)31(19-21-9-7-6-8-10-21)27(33)20-32(23-13-15-24(16-14-23)37-5-2)38(35,36)25-17-11-22(29)12-18-25/h6-18,26H,4-5,19-20H2,1-3H3,(H,30,34)/t26-/m1/s1. The third-order valence-corrected chi connectivity index (χ3v) is 7.98. The summed E-state index contributed by atoms with van der Waals surface area (Å²) in [5.74, 6) is -0.275. The Morgan fingerprint density at radius 1 is 0.947 bits per heavy atom. The number of carbonyl (C=O) groups excluding carboxylic acids is 2. The fraction of sp³-hybridized carbons (Fsp3) is 0.286. The van der Waals surface area contributed by atoms with Crippen molar-refractivity contribution in [1.82, 2.24) is 10.2 Å². The lowest BCUT2D eigenvalue weighted by Gasteiger charge is -2.33. The van der Waals surface area contributed by atoms with Gasteiger partial charge in [0.1, 0.15) is 18.3 Å². The number of hydrogen-bond donors (Lipinski definition) is 1. The summed E-state index contributed by atoms with van der Waals surface area (Å²) in [6.45, 7) is 3.74. The van der Waals surface area contributed by atoms with Gasteiger partial charge in [0.15, 0.2) is 0 Å². The van der Waals surface area contributed by atoms with E-state index in [-0.39, 0.29) is 23.0 Å². The normalized spacial score (nSPS) is 11.9. The van der Waals surface area contributed by atoms with Gasteiger partial charge in [0, 0.05) is 18.6 Å². The molecule has 2 amide bonds. The van der Waals surface area contributed by atoms with Gasteiger partial charge in [-0.3, -0.25) is 13.9 Å². The molecule has 0 aliphatic carbocycles. The van der Waals surface area contributed by atoms with Gasteiger partial charge in [0.2, 0.25) is 11.8 Å². The molecule has 8 nitrogen and oxygen atoms in total. The van der Waals surface area contributed by atoms with Crippen molar-refractivity contribution >= 4 is 39.1 Å². The molecule has 202 valence electrons. The molecule has 0 bridgehead atoms. The fourth-order valence-electron chi connectivity index (χ4n) is 4.00. The summed E-state index contributed by atoms with van der Waals surface area (Å²) < 4.78 is 34.1. The summed E-state index contributed by atoms with van der Waals surface area (Å²) in [6.07, 6.45) is 0.352. The van der Waals surface area contributed by atoms with Gasteiger partial charge in [-0.15, -0.1) is 0 Å². The summed E-state index contributed by atoms with van der Waals surface area (Å²) in [7, 11) is -2.66. The first kappa shape index (κ1) is 29.0. The quantitative estimate of drug-likeness (QED) is 0.354. The predicted octanol–water partition coefficient (Wildman–Crippen LogP) is 4.49. The van der Waals surface area contributed by atoms with Crippen LogP contribution < -0.4 is 14.4 Å². The lowest BCUT2D eigenvalue weighted by atomic mass is 10.1. The Balaban J connectivity index is 2.04. The number of ether oxygens (including phenoxy) is 1. The van der Waals surface area contributed by atoms with Crippen molar-refractivity contribution in [2.24, 2.45) is 0 Å². The zero-order valence-corrected chi connectivity index (χ0v) is 23.2. The molecule has 3 aromatic carbocycles. The van der Waals surface area contributed by atoms with Crippen LogP contribution in [0.3, 0.4) is 0 Å². The Labute approximate surface area is 229 Å². The molecule has 0 aromatic heterocycles. The lowest BCUT2D eigenvalue weighted by molar-refractivity contribution is -0.140. The van der Waals surface area contributed by atoms with Crippen LogP contribution in [-0.2, 0) is 26.2 Å². The maximum atomic E-state index is 13.8. The lowest BCUT2D eigenvalue weighted by Crippen LogP contribution is -2.51. The number of amides is 2. The number of nitrogens with zero attached hydrogens (tertiary/aromatic N) is 2. The highest BCUT2D eigenvalue weighted by Crippen LogP contribution is 2.27. The Hall–Kier alpha value is -3.56. The number of carbonyl (C=O) groups is 2. The zero-order valence-electron chi connectivity index (χ0n) is 21.6. The van der Waals surface area contributed by atoms with E-state index in [1.165, 1.54) is 36.2 Å². The second-order valence-electron chi connectivity index (χ2n) is 8.44. The van der Waals surface area contributed by atoms with Gasteiger partial charge in [-0.2, -0.15) is 0 Å². The summed E-state index contributed by atoms with van der Waals surface area (Å²) in [5.41, 5.74) is 1.10. The Morgan fingerprint density at radius 3 is 2.13 bits per heavy atom.